The van der Waals surface area contributed by atoms with Crippen molar-refractivity contribution < 1.29 is 9.90 Å². The van der Waals surface area contributed by atoms with E-state index in [0.29, 0.717) is 0 Å². The molecule has 0 aromatic carbocycles. The third-order valence-electron chi connectivity index (χ3n) is 1.58. The first kappa shape index (κ1) is 19.1. The number of hydrogen-bond acceptors (Lipinski definition) is 2. The van der Waals surface area contributed by atoms with Crippen LogP contribution in [-0.4, -0.2) is 36.6 Å². The number of carboxylic acid groups (broad SMARTS) is 1. The van der Waals surface area contributed by atoms with E-state index in [1.165, 1.54) is 32.4 Å². The maximum absolute atomic E-state index is 8.36. The fourth-order valence-corrected chi connectivity index (χ4v) is 1.05. The molecule has 0 aromatic heterocycles. The van der Waals surface area contributed by atoms with Crippen LogP contribution >= 0.6 is 0 Å². The molecule has 0 amide bonds. The standard InChI is InChI=1S/C6H13N.2C2H6.CH2O2/c1-7-5-3-2-4-6-7;2*1-2;2-1-3/h2-6H2,1H3;2*1-2H3;1H,(H,2,3). The van der Waals surface area contributed by atoms with Crippen LogP contribution in [0.5, 0.6) is 0 Å². The minimum atomic E-state index is -0.250. The molecule has 1 heterocycles. The molecule has 1 rings (SSSR count). The summed E-state index contributed by atoms with van der Waals surface area (Å²) in [6, 6.07) is 0. The summed E-state index contributed by atoms with van der Waals surface area (Å²) in [7, 11) is 2.19. The van der Waals surface area contributed by atoms with E-state index < -0.39 is 0 Å². The summed E-state index contributed by atoms with van der Waals surface area (Å²) in [5, 5.41) is 6.89. The van der Waals surface area contributed by atoms with Crippen molar-refractivity contribution in [1.82, 2.24) is 4.90 Å². The molecule has 88 valence electrons. The summed E-state index contributed by atoms with van der Waals surface area (Å²) in [6.07, 6.45) is 4.28. The molecule has 0 saturated carbocycles. The summed E-state index contributed by atoms with van der Waals surface area (Å²) in [5.74, 6) is 0. The maximum atomic E-state index is 8.36. The van der Waals surface area contributed by atoms with Crippen LogP contribution in [0.3, 0.4) is 0 Å². The molecular weight excluding hydrogens is 178 g/mol. The van der Waals surface area contributed by atoms with Gasteiger partial charge >= 0.3 is 0 Å². The van der Waals surface area contributed by atoms with E-state index in [1.807, 2.05) is 27.7 Å². The maximum Gasteiger partial charge on any atom is 0.290 e. The molecule has 0 unspecified atom stereocenters. The SMILES string of the molecule is CC.CC.CN1CCCCC1.O=CO. The Balaban J connectivity index is -0.000000148. The van der Waals surface area contributed by atoms with Gasteiger partial charge in [0.25, 0.3) is 6.47 Å². The van der Waals surface area contributed by atoms with Crippen molar-refractivity contribution >= 4 is 6.47 Å². The van der Waals surface area contributed by atoms with E-state index in [2.05, 4.69) is 11.9 Å². The van der Waals surface area contributed by atoms with Gasteiger partial charge in [0.05, 0.1) is 0 Å². The molecule has 0 bridgehead atoms. The Morgan fingerprint density at radius 3 is 1.43 bits per heavy atom. The zero-order valence-corrected chi connectivity index (χ0v) is 10.4. The Hall–Kier alpha value is -0.570. The zero-order valence-electron chi connectivity index (χ0n) is 10.4. The van der Waals surface area contributed by atoms with E-state index in [0.717, 1.165) is 0 Å². The summed E-state index contributed by atoms with van der Waals surface area (Å²) in [5.41, 5.74) is 0. The molecule has 1 saturated heterocycles. The van der Waals surface area contributed by atoms with Crippen LogP contribution in [0.4, 0.5) is 0 Å². The molecule has 1 aliphatic heterocycles. The Kier molecular flexibility index (Phi) is 31.1. The van der Waals surface area contributed by atoms with Crippen molar-refractivity contribution in [3.05, 3.63) is 0 Å². The topological polar surface area (TPSA) is 40.5 Å². The van der Waals surface area contributed by atoms with Crippen LogP contribution in [0.15, 0.2) is 0 Å². The number of rotatable bonds is 0. The molecule has 0 spiro atoms. The van der Waals surface area contributed by atoms with Crippen molar-refractivity contribution in [2.75, 3.05) is 20.1 Å². The smallest absolute Gasteiger partial charge is 0.290 e. The fourth-order valence-electron chi connectivity index (χ4n) is 1.05. The average Bonchev–Trinajstić information content (AvgIpc) is 2.26. The second-order valence-corrected chi connectivity index (χ2v) is 2.47. The first-order chi connectivity index (χ1) is 6.81. The minimum Gasteiger partial charge on any atom is -0.483 e. The Labute approximate surface area is 89.1 Å². The molecule has 3 nitrogen and oxygen atoms in total. The summed E-state index contributed by atoms with van der Waals surface area (Å²) < 4.78 is 0. The molecule has 0 radical (unpaired) electrons. The Morgan fingerprint density at radius 1 is 1.00 bits per heavy atom. The van der Waals surface area contributed by atoms with Gasteiger partial charge in [-0.05, 0) is 33.0 Å². The van der Waals surface area contributed by atoms with E-state index in [1.54, 1.807) is 0 Å². The van der Waals surface area contributed by atoms with E-state index >= 15 is 0 Å². The zero-order chi connectivity index (χ0) is 11.8. The lowest BCUT2D eigenvalue weighted by atomic mass is 10.1. The van der Waals surface area contributed by atoms with Crippen LogP contribution in [0.25, 0.3) is 0 Å². The molecule has 1 aliphatic rings. The number of carbonyl (C=O) groups is 1. The normalized spacial score (nSPS) is 14.4. The number of hydrogen-bond donors (Lipinski definition) is 1. The Bertz CT molecular complexity index is 81.4. The van der Waals surface area contributed by atoms with Crippen LogP contribution in [0.1, 0.15) is 47.0 Å². The average molecular weight is 205 g/mol. The molecule has 3 heteroatoms. The van der Waals surface area contributed by atoms with Gasteiger partial charge in [-0.25, -0.2) is 0 Å². The van der Waals surface area contributed by atoms with E-state index in [-0.39, 0.29) is 6.47 Å². The molecular formula is C11H27NO2. The van der Waals surface area contributed by atoms with Crippen LogP contribution in [0.2, 0.25) is 0 Å². The number of likely N-dealkylation sites (tertiary alicyclic amines) is 1. The van der Waals surface area contributed by atoms with Crippen molar-refractivity contribution in [3.63, 3.8) is 0 Å². The van der Waals surface area contributed by atoms with Crippen molar-refractivity contribution in [2.45, 2.75) is 47.0 Å². The van der Waals surface area contributed by atoms with Crippen LogP contribution in [-0.2, 0) is 4.79 Å². The van der Waals surface area contributed by atoms with E-state index in [9.17, 15) is 0 Å². The largest absolute Gasteiger partial charge is 0.483 e. The fraction of sp³-hybridized carbons (Fsp3) is 0.909. The van der Waals surface area contributed by atoms with Gasteiger partial charge in [0, 0.05) is 0 Å². The summed E-state index contributed by atoms with van der Waals surface area (Å²) >= 11 is 0. The molecule has 1 fully saturated rings. The summed E-state index contributed by atoms with van der Waals surface area (Å²) in [6.45, 7) is 10.4. The van der Waals surface area contributed by atoms with Gasteiger partial charge < -0.3 is 10.0 Å². The lowest BCUT2D eigenvalue weighted by molar-refractivity contribution is -0.122. The quantitative estimate of drug-likeness (QED) is 0.618. The molecule has 0 aromatic rings. The van der Waals surface area contributed by atoms with Gasteiger partial charge in [-0.15, -0.1) is 0 Å². The predicted molar refractivity (Wildman–Crippen MR) is 62.7 cm³/mol. The lowest BCUT2D eigenvalue weighted by Gasteiger charge is -2.20. The molecule has 14 heavy (non-hydrogen) atoms. The van der Waals surface area contributed by atoms with Crippen LogP contribution < -0.4 is 0 Å². The second kappa shape index (κ2) is 22.9. The van der Waals surface area contributed by atoms with E-state index in [4.69, 9.17) is 9.90 Å². The van der Waals surface area contributed by atoms with Gasteiger partial charge in [-0.2, -0.15) is 0 Å². The third-order valence-corrected chi connectivity index (χ3v) is 1.58. The van der Waals surface area contributed by atoms with Gasteiger partial charge in [-0.3, -0.25) is 4.79 Å². The van der Waals surface area contributed by atoms with Gasteiger partial charge in [0.15, 0.2) is 0 Å². The predicted octanol–water partition coefficient (Wildman–Crippen LogP) is 2.86. The van der Waals surface area contributed by atoms with Gasteiger partial charge in [0.2, 0.25) is 0 Å². The van der Waals surface area contributed by atoms with Crippen molar-refractivity contribution in [3.8, 4) is 0 Å². The first-order valence-electron chi connectivity index (χ1n) is 5.57. The first-order valence-corrected chi connectivity index (χ1v) is 5.57. The Morgan fingerprint density at radius 2 is 1.29 bits per heavy atom. The summed E-state index contributed by atoms with van der Waals surface area (Å²) in [4.78, 5) is 10.8. The molecule has 0 atom stereocenters. The highest BCUT2D eigenvalue weighted by Crippen LogP contribution is 2.04. The highest BCUT2D eigenvalue weighted by atomic mass is 16.3. The second-order valence-electron chi connectivity index (χ2n) is 2.47. The molecule has 0 aliphatic carbocycles. The number of nitrogens with zero attached hydrogens (tertiary/aromatic N) is 1. The highest BCUT2D eigenvalue weighted by molar-refractivity contribution is 5.32. The minimum absolute atomic E-state index is 0.250. The van der Waals surface area contributed by atoms with Gasteiger partial charge in [0.1, 0.15) is 0 Å². The lowest BCUT2D eigenvalue weighted by Crippen LogP contribution is -2.24. The highest BCUT2D eigenvalue weighted by Gasteiger charge is 2.02. The van der Waals surface area contributed by atoms with Crippen molar-refractivity contribution in [2.24, 2.45) is 0 Å². The monoisotopic (exact) mass is 205 g/mol. The third kappa shape index (κ3) is 22.5. The molecule has 1 N–H and O–H groups in total. The van der Waals surface area contributed by atoms with Crippen LogP contribution in [0, 0.1) is 0 Å². The number of piperidine rings is 1. The van der Waals surface area contributed by atoms with Crippen molar-refractivity contribution in [1.29, 1.82) is 0 Å². The van der Waals surface area contributed by atoms with Gasteiger partial charge in [-0.1, -0.05) is 34.1 Å².